The average Bonchev–Trinajstić information content (AvgIpc) is 2.96. The second-order valence-electron chi connectivity index (χ2n) is 9.58. The quantitative estimate of drug-likeness (QED) is 0.372. The molecule has 0 bridgehead atoms. The van der Waals surface area contributed by atoms with Crippen LogP contribution in [0.2, 0.25) is 0 Å². The van der Waals surface area contributed by atoms with E-state index in [2.05, 4.69) is 5.32 Å². The number of halogens is 3. The molecule has 40 heavy (non-hydrogen) atoms. The van der Waals surface area contributed by atoms with E-state index in [9.17, 15) is 22.8 Å². The molecule has 1 aliphatic heterocycles. The lowest BCUT2D eigenvalue weighted by atomic mass is 9.89. The number of carbonyl (C=O) groups is 2. The van der Waals surface area contributed by atoms with E-state index in [1.807, 2.05) is 18.2 Å². The summed E-state index contributed by atoms with van der Waals surface area (Å²) in [6.07, 6.45) is -0.380. The molecule has 0 aromatic heterocycles. The number of nitrogens with zero attached hydrogens (tertiary/aromatic N) is 1. The topological polar surface area (TPSA) is 67.9 Å². The number of methoxy groups -OCH3 is 1. The highest BCUT2D eigenvalue weighted by molar-refractivity contribution is 6.09. The molecule has 0 saturated carbocycles. The number of carbonyl (C=O) groups excluding carboxylic acids is 2. The van der Waals surface area contributed by atoms with Crippen molar-refractivity contribution in [2.24, 2.45) is 5.92 Å². The zero-order chi connectivity index (χ0) is 28.3. The highest BCUT2D eigenvalue weighted by Gasteiger charge is 2.38. The summed E-state index contributed by atoms with van der Waals surface area (Å²) in [6, 6.07) is 19.3. The maximum Gasteiger partial charge on any atom is 0.415 e. The van der Waals surface area contributed by atoms with Gasteiger partial charge in [-0.3, -0.25) is 4.79 Å². The fourth-order valence-corrected chi connectivity index (χ4v) is 4.88. The Morgan fingerprint density at radius 3 is 2.50 bits per heavy atom. The number of amides is 2. The van der Waals surface area contributed by atoms with Crippen molar-refractivity contribution in [2.45, 2.75) is 25.6 Å². The minimum Gasteiger partial charge on any atom is -0.496 e. The third-order valence-corrected chi connectivity index (χ3v) is 6.98. The van der Waals surface area contributed by atoms with Crippen LogP contribution >= 0.6 is 0 Å². The molecule has 2 amide bonds. The van der Waals surface area contributed by atoms with Crippen molar-refractivity contribution < 1.29 is 32.2 Å². The summed E-state index contributed by atoms with van der Waals surface area (Å²) >= 11 is 0. The first kappa shape index (κ1) is 27.1. The van der Waals surface area contributed by atoms with E-state index in [1.165, 1.54) is 19.3 Å². The van der Waals surface area contributed by atoms with Gasteiger partial charge in [-0.25, -0.2) is 4.79 Å². The van der Waals surface area contributed by atoms with Gasteiger partial charge in [0, 0.05) is 24.3 Å². The van der Waals surface area contributed by atoms with Gasteiger partial charge in [-0.15, -0.1) is 0 Å². The highest BCUT2D eigenvalue weighted by Crippen LogP contribution is 2.38. The van der Waals surface area contributed by atoms with Gasteiger partial charge in [0.1, 0.15) is 11.5 Å². The highest BCUT2D eigenvalue weighted by atomic mass is 19.4. The van der Waals surface area contributed by atoms with Gasteiger partial charge < -0.3 is 19.7 Å². The summed E-state index contributed by atoms with van der Waals surface area (Å²) in [7, 11) is 1.45. The molecule has 0 radical (unpaired) electrons. The van der Waals surface area contributed by atoms with Gasteiger partial charge in [0.2, 0.25) is 0 Å². The van der Waals surface area contributed by atoms with Crippen LogP contribution in [0.5, 0.6) is 11.5 Å². The average molecular weight is 549 g/mol. The van der Waals surface area contributed by atoms with E-state index in [4.69, 9.17) is 9.47 Å². The Hall–Kier alpha value is -4.53. The summed E-state index contributed by atoms with van der Waals surface area (Å²) < 4.78 is 50.3. The van der Waals surface area contributed by atoms with Crippen molar-refractivity contribution in [3.8, 4) is 11.5 Å². The van der Waals surface area contributed by atoms with Crippen LogP contribution < -0.4 is 14.8 Å². The molecule has 9 heteroatoms. The number of alkyl halides is 3. The molecule has 0 spiro atoms. The fourth-order valence-electron chi connectivity index (χ4n) is 4.88. The first-order chi connectivity index (χ1) is 19.2. The first-order valence-corrected chi connectivity index (χ1v) is 12.8. The minimum absolute atomic E-state index is 0.213. The Labute approximate surface area is 229 Å². The molecule has 1 heterocycles. The van der Waals surface area contributed by atoms with Crippen LogP contribution in [-0.2, 0) is 13.0 Å². The van der Waals surface area contributed by atoms with Crippen molar-refractivity contribution in [1.29, 1.82) is 0 Å². The summed E-state index contributed by atoms with van der Waals surface area (Å²) in [5.74, 6) is -1.10. The Kier molecular flexibility index (Phi) is 7.64. The normalized spacial score (nSPS) is 16.6. The molecule has 1 aliphatic carbocycles. The van der Waals surface area contributed by atoms with Gasteiger partial charge in [0.15, 0.2) is 0 Å². The van der Waals surface area contributed by atoms with Crippen LogP contribution in [0.15, 0.2) is 85.0 Å². The predicted octanol–water partition coefficient (Wildman–Crippen LogP) is 7.03. The number of nitrogens with one attached hydrogen (secondary N) is 1. The third kappa shape index (κ3) is 5.88. The van der Waals surface area contributed by atoms with Crippen molar-refractivity contribution >= 4 is 23.3 Å². The van der Waals surface area contributed by atoms with Crippen LogP contribution in [0, 0.1) is 5.92 Å². The van der Waals surface area contributed by atoms with E-state index in [0.717, 1.165) is 17.2 Å². The van der Waals surface area contributed by atoms with Gasteiger partial charge in [-0.05, 0) is 65.9 Å². The molecule has 6 nitrogen and oxygen atoms in total. The van der Waals surface area contributed by atoms with Gasteiger partial charge in [0.05, 0.1) is 18.6 Å². The summed E-state index contributed by atoms with van der Waals surface area (Å²) in [4.78, 5) is 27.6. The smallest absolute Gasteiger partial charge is 0.415 e. The van der Waals surface area contributed by atoms with Crippen LogP contribution in [0.4, 0.5) is 23.7 Å². The predicted molar refractivity (Wildman–Crippen MR) is 145 cm³/mol. The molecule has 5 rings (SSSR count). The second kappa shape index (κ2) is 11.3. The van der Waals surface area contributed by atoms with Crippen LogP contribution in [0.3, 0.4) is 0 Å². The zero-order valence-corrected chi connectivity index (χ0v) is 21.7. The van der Waals surface area contributed by atoms with Gasteiger partial charge >= 0.3 is 12.3 Å². The largest absolute Gasteiger partial charge is 0.496 e. The summed E-state index contributed by atoms with van der Waals surface area (Å²) in [5, 5.41) is 2.91. The SMILES string of the molecule is COc1cccc(C(=O)Nc2ccc3c(c2)CCN(C(=O)Oc2ccccc2)C3)c1C1=CCC(C(F)(F)F)C=C1. The molecule has 2 aliphatic rings. The number of fused-ring (bicyclic) bond motifs is 1. The molecule has 0 fully saturated rings. The van der Waals surface area contributed by atoms with Crippen molar-refractivity contribution in [1.82, 2.24) is 4.90 Å². The van der Waals surface area contributed by atoms with Crippen LogP contribution in [0.25, 0.3) is 5.57 Å². The van der Waals surface area contributed by atoms with Crippen molar-refractivity contribution in [3.05, 3.63) is 107 Å². The molecular formula is C31H27F3N2O4. The van der Waals surface area contributed by atoms with Gasteiger partial charge in [-0.1, -0.05) is 48.6 Å². The Bertz CT molecular complexity index is 1480. The van der Waals surface area contributed by atoms with E-state index >= 15 is 0 Å². The lowest BCUT2D eigenvalue weighted by molar-refractivity contribution is -0.160. The number of allylic oxidation sites excluding steroid dienone is 4. The molecule has 3 aromatic carbocycles. The first-order valence-electron chi connectivity index (χ1n) is 12.8. The number of anilines is 1. The zero-order valence-electron chi connectivity index (χ0n) is 21.7. The Balaban J connectivity index is 1.31. The maximum absolute atomic E-state index is 13.4. The van der Waals surface area contributed by atoms with E-state index in [0.29, 0.717) is 47.8 Å². The van der Waals surface area contributed by atoms with Gasteiger partial charge in [-0.2, -0.15) is 13.2 Å². The summed E-state index contributed by atoms with van der Waals surface area (Å²) in [6.45, 7) is 0.851. The Morgan fingerprint density at radius 1 is 1.00 bits per heavy atom. The Morgan fingerprint density at radius 2 is 1.80 bits per heavy atom. The van der Waals surface area contributed by atoms with E-state index < -0.39 is 24.1 Å². The van der Waals surface area contributed by atoms with Crippen molar-refractivity contribution in [2.75, 3.05) is 19.0 Å². The van der Waals surface area contributed by atoms with Crippen molar-refractivity contribution in [3.63, 3.8) is 0 Å². The number of hydrogen-bond acceptors (Lipinski definition) is 4. The molecule has 1 atom stereocenters. The standard InChI is InChI=1S/C31H27F3N2O4/c1-39-27-9-5-8-26(28(27)20-10-13-23(14-11-20)31(32,33)34)29(37)35-24-15-12-22-19-36(17-16-21(22)18-24)30(38)40-25-6-3-2-4-7-25/h2-13,15,18,23H,14,16-17,19H2,1H3,(H,35,37). The van der Waals surface area contributed by atoms with E-state index in [1.54, 1.807) is 53.4 Å². The maximum atomic E-state index is 13.4. The van der Waals surface area contributed by atoms with E-state index in [-0.39, 0.29) is 12.0 Å². The number of ether oxygens (including phenoxy) is 2. The number of benzene rings is 3. The number of hydrogen-bond donors (Lipinski definition) is 1. The monoisotopic (exact) mass is 548 g/mol. The minimum atomic E-state index is -4.33. The van der Waals surface area contributed by atoms with Crippen LogP contribution in [0.1, 0.15) is 33.5 Å². The molecular weight excluding hydrogens is 521 g/mol. The lowest BCUT2D eigenvalue weighted by Crippen LogP contribution is -2.37. The number of rotatable bonds is 5. The van der Waals surface area contributed by atoms with Crippen LogP contribution in [-0.4, -0.2) is 36.7 Å². The molecule has 0 saturated heterocycles. The van der Waals surface area contributed by atoms with Gasteiger partial charge in [0.25, 0.3) is 5.91 Å². The number of para-hydroxylation sites is 1. The summed E-state index contributed by atoms with van der Waals surface area (Å²) in [5.41, 5.74) is 3.74. The second-order valence-corrected chi connectivity index (χ2v) is 9.58. The lowest BCUT2D eigenvalue weighted by Gasteiger charge is -2.28. The molecule has 1 unspecified atom stereocenters. The molecule has 3 aromatic rings. The molecule has 1 N–H and O–H groups in total. The molecule has 206 valence electrons. The fraction of sp³-hybridized carbons (Fsp3) is 0.226. The third-order valence-electron chi connectivity index (χ3n) is 6.98.